The van der Waals surface area contributed by atoms with E-state index in [-0.39, 0.29) is 11.6 Å². The summed E-state index contributed by atoms with van der Waals surface area (Å²) in [6.07, 6.45) is 5.27. The minimum absolute atomic E-state index is 0.00977. The quantitative estimate of drug-likeness (QED) is 0.527. The number of rotatable bonds is 4. The van der Waals surface area contributed by atoms with Crippen molar-refractivity contribution in [2.24, 2.45) is 0 Å². The second-order valence-corrected chi connectivity index (χ2v) is 6.91. The van der Waals surface area contributed by atoms with Crippen LogP contribution < -0.4 is 10.5 Å². The van der Waals surface area contributed by atoms with Crippen molar-refractivity contribution >= 4 is 28.4 Å². The topological polar surface area (TPSA) is 63.9 Å². The van der Waals surface area contributed by atoms with E-state index < -0.39 is 0 Å². The van der Waals surface area contributed by atoms with Gasteiger partial charge >= 0.3 is 0 Å². The first-order chi connectivity index (χ1) is 13.6. The highest BCUT2D eigenvalue weighted by atomic mass is 16.1. The normalized spacial score (nSPS) is 11.1. The molecule has 1 aromatic carbocycles. The average molecular weight is 371 g/mol. The van der Waals surface area contributed by atoms with Crippen molar-refractivity contribution in [3.63, 3.8) is 0 Å². The minimum Gasteiger partial charge on any atom is -0.290 e. The highest BCUT2D eigenvalue weighted by Gasteiger charge is 2.18. The molecule has 0 radical (unpaired) electrons. The molecule has 28 heavy (non-hydrogen) atoms. The average Bonchev–Trinajstić information content (AvgIpc) is 2.69. The van der Waals surface area contributed by atoms with Gasteiger partial charge in [0.05, 0.1) is 5.69 Å². The van der Waals surface area contributed by atoms with Crippen LogP contribution in [-0.4, -0.2) is 19.5 Å². The molecule has 0 aliphatic heterocycles. The Bertz CT molecular complexity index is 1130. The van der Waals surface area contributed by atoms with Crippen molar-refractivity contribution in [3.05, 3.63) is 83.0 Å². The number of hydrogen-bond donors (Lipinski definition) is 0. The van der Waals surface area contributed by atoms with Crippen LogP contribution in [0.4, 0.5) is 17.3 Å². The maximum atomic E-state index is 12.6. The number of aryl methyl sites for hydroxylation is 1. The van der Waals surface area contributed by atoms with Crippen LogP contribution in [-0.2, 0) is 0 Å². The van der Waals surface area contributed by atoms with Gasteiger partial charge in [0.25, 0.3) is 5.56 Å². The van der Waals surface area contributed by atoms with E-state index in [0.717, 1.165) is 22.3 Å². The molecule has 6 heteroatoms. The lowest BCUT2D eigenvalue weighted by molar-refractivity contribution is 0.594. The molecule has 6 nitrogen and oxygen atoms in total. The summed E-state index contributed by atoms with van der Waals surface area (Å²) in [4.78, 5) is 28.1. The Balaban J connectivity index is 2.00. The molecule has 0 atom stereocenters. The molecule has 0 unspecified atom stereocenters. The lowest BCUT2D eigenvalue weighted by Crippen LogP contribution is -2.24. The summed E-state index contributed by atoms with van der Waals surface area (Å²) in [5, 5.41) is 0.875. The largest absolute Gasteiger partial charge is 0.290 e. The molecule has 3 aromatic heterocycles. The Morgan fingerprint density at radius 1 is 1.00 bits per heavy atom. The molecule has 0 spiro atoms. The van der Waals surface area contributed by atoms with Gasteiger partial charge in [-0.3, -0.25) is 19.2 Å². The second kappa shape index (κ2) is 7.23. The van der Waals surface area contributed by atoms with Gasteiger partial charge in [0.1, 0.15) is 5.65 Å². The van der Waals surface area contributed by atoms with Crippen LogP contribution in [0.3, 0.4) is 0 Å². The Kier molecular flexibility index (Phi) is 4.61. The fourth-order valence-electron chi connectivity index (χ4n) is 3.32. The number of pyridine rings is 2. The standard InChI is InChI=1S/C22H21N5O/c1-15(2)26-20(28)13-16(3)19-14-24-22(25-21(19)26)27(17-7-5-4-6-8-17)18-9-11-23-12-10-18/h4-15H,1-3H3. The van der Waals surface area contributed by atoms with Crippen molar-refractivity contribution < 1.29 is 0 Å². The third-order valence-electron chi connectivity index (χ3n) is 4.64. The van der Waals surface area contributed by atoms with Gasteiger partial charge in [-0.25, -0.2) is 4.98 Å². The molecule has 0 aliphatic rings. The van der Waals surface area contributed by atoms with Gasteiger partial charge in [-0.05, 0) is 50.6 Å². The van der Waals surface area contributed by atoms with Crippen LogP contribution in [0.2, 0.25) is 0 Å². The molecule has 0 N–H and O–H groups in total. The van der Waals surface area contributed by atoms with Crippen molar-refractivity contribution in [3.8, 4) is 0 Å². The summed E-state index contributed by atoms with van der Waals surface area (Å²) >= 11 is 0. The lowest BCUT2D eigenvalue weighted by atomic mass is 10.2. The number of hydrogen-bond acceptors (Lipinski definition) is 5. The van der Waals surface area contributed by atoms with E-state index in [9.17, 15) is 4.79 Å². The smallest absolute Gasteiger partial charge is 0.252 e. The monoisotopic (exact) mass is 371 g/mol. The summed E-state index contributed by atoms with van der Waals surface area (Å²) in [6, 6.07) is 15.4. The van der Waals surface area contributed by atoms with E-state index in [1.165, 1.54) is 0 Å². The fraction of sp³-hybridized carbons (Fsp3) is 0.182. The Labute approximate surface area is 163 Å². The summed E-state index contributed by atoms with van der Waals surface area (Å²) in [5.41, 5.74) is 3.28. The van der Waals surface area contributed by atoms with Gasteiger partial charge < -0.3 is 0 Å². The number of para-hydroxylation sites is 1. The Hall–Kier alpha value is -3.54. The summed E-state index contributed by atoms with van der Waals surface area (Å²) in [7, 11) is 0. The van der Waals surface area contributed by atoms with E-state index in [1.807, 2.05) is 68.1 Å². The molecule has 0 fully saturated rings. The van der Waals surface area contributed by atoms with Crippen molar-refractivity contribution in [2.75, 3.05) is 4.90 Å². The minimum atomic E-state index is -0.0557. The molecule has 0 amide bonds. The number of anilines is 3. The highest BCUT2D eigenvalue weighted by Crippen LogP contribution is 2.32. The van der Waals surface area contributed by atoms with Gasteiger partial charge in [-0.2, -0.15) is 4.98 Å². The third kappa shape index (κ3) is 3.13. The van der Waals surface area contributed by atoms with Gasteiger partial charge in [-0.15, -0.1) is 0 Å². The molecule has 140 valence electrons. The third-order valence-corrected chi connectivity index (χ3v) is 4.64. The van der Waals surface area contributed by atoms with Gasteiger partial charge in [-0.1, -0.05) is 18.2 Å². The molecular weight excluding hydrogens is 350 g/mol. The second-order valence-electron chi connectivity index (χ2n) is 6.91. The lowest BCUT2D eigenvalue weighted by Gasteiger charge is -2.24. The van der Waals surface area contributed by atoms with E-state index in [1.54, 1.807) is 29.2 Å². The zero-order valence-corrected chi connectivity index (χ0v) is 16.1. The van der Waals surface area contributed by atoms with Crippen LogP contribution in [0.1, 0.15) is 25.5 Å². The highest BCUT2D eigenvalue weighted by molar-refractivity contribution is 5.81. The zero-order chi connectivity index (χ0) is 19.7. The Morgan fingerprint density at radius 3 is 2.36 bits per heavy atom. The molecule has 0 saturated heterocycles. The molecule has 4 rings (SSSR count). The van der Waals surface area contributed by atoms with Gasteiger partial charge in [0, 0.05) is 41.8 Å². The SMILES string of the molecule is Cc1cc(=O)n(C(C)C)c2nc(N(c3ccccc3)c3ccncc3)ncc12. The molecule has 3 heterocycles. The summed E-state index contributed by atoms with van der Waals surface area (Å²) < 4.78 is 1.71. The van der Waals surface area contributed by atoms with Gasteiger partial charge in [0.2, 0.25) is 5.95 Å². The Morgan fingerprint density at radius 2 is 1.68 bits per heavy atom. The van der Waals surface area contributed by atoms with Crippen LogP contribution in [0.15, 0.2) is 71.9 Å². The molecule has 4 aromatic rings. The summed E-state index contributed by atoms with van der Waals surface area (Å²) in [6.45, 7) is 5.88. The van der Waals surface area contributed by atoms with Gasteiger partial charge in [0.15, 0.2) is 0 Å². The maximum Gasteiger partial charge on any atom is 0.252 e. The van der Waals surface area contributed by atoms with E-state index in [2.05, 4.69) is 9.97 Å². The predicted octanol–water partition coefficient (Wildman–Crippen LogP) is 4.55. The molecule has 0 bridgehead atoms. The van der Waals surface area contributed by atoms with Crippen LogP contribution >= 0.6 is 0 Å². The predicted molar refractivity (Wildman–Crippen MR) is 111 cm³/mol. The summed E-state index contributed by atoms with van der Waals surface area (Å²) in [5.74, 6) is 0.504. The number of fused-ring (bicyclic) bond motifs is 1. The van der Waals surface area contributed by atoms with E-state index in [4.69, 9.17) is 4.98 Å². The zero-order valence-electron chi connectivity index (χ0n) is 16.1. The molecule has 0 aliphatic carbocycles. The van der Waals surface area contributed by atoms with E-state index >= 15 is 0 Å². The number of aromatic nitrogens is 4. The maximum absolute atomic E-state index is 12.6. The van der Waals surface area contributed by atoms with E-state index in [0.29, 0.717) is 11.6 Å². The number of nitrogens with zero attached hydrogens (tertiary/aromatic N) is 5. The first-order valence-electron chi connectivity index (χ1n) is 9.20. The van der Waals surface area contributed by atoms with Crippen molar-refractivity contribution in [2.45, 2.75) is 26.8 Å². The van der Waals surface area contributed by atoms with Crippen LogP contribution in [0, 0.1) is 6.92 Å². The fourth-order valence-corrected chi connectivity index (χ4v) is 3.32. The van der Waals surface area contributed by atoms with Crippen molar-refractivity contribution in [1.29, 1.82) is 0 Å². The van der Waals surface area contributed by atoms with Crippen LogP contribution in [0.25, 0.3) is 11.0 Å². The molecule has 0 saturated carbocycles. The van der Waals surface area contributed by atoms with Crippen molar-refractivity contribution in [1.82, 2.24) is 19.5 Å². The molecular formula is C22H21N5O. The first-order valence-corrected chi connectivity index (χ1v) is 9.20. The van der Waals surface area contributed by atoms with Crippen LogP contribution in [0.5, 0.6) is 0 Å². The first kappa shape index (κ1) is 17.9. The number of benzene rings is 1.